The van der Waals surface area contributed by atoms with E-state index in [1.807, 2.05) is 73.7 Å². The highest BCUT2D eigenvalue weighted by Gasteiger charge is 2.19. The van der Waals surface area contributed by atoms with Gasteiger partial charge in [-0.2, -0.15) is 9.97 Å². The van der Waals surface area contributed by atoms with Crippen molar-refractivity contribution < 1.29 is 4.74 Å². The highest BCUT2D eigenvalue weighted by molar-refractivity contribution is 5.82. The van der Waals surface area contributed by atoms with Crippen LogP contribution in [0.5, 0.6) is 6.01 Å². The molecule has 2 heterocycles. The fourth-order valence-electron chi connectivity index (χ4n) is 3.46. The Morgan fingerprint density at radius 1 is 0.733 bits per heavy atom. The van der Waals surface area contributed by atoms with E-state index in [2.05, 4.69) is 33.8 Å². The Morgan fingerprint density at radius 2 is 1.37 bits per heavy atom. The van der Waals surface area contributed by atoms with Crippen LogP contribution >= 0.6 is 0 Å². The molecule has 0 bridgehead atoms. The molecule has 0 unspecified atom stereocenters. The van der Waals surface area contributed by atoms with Gasteiger partial charge < -0.3 is 4.74 Å². The topological polar surface area (TPSA) is 52.8 Å². The predicted octanol–water partition coefficient (Wildman–Crippen LogP) is 5.37. The first-order valence-electron chi connectivity index (χ1n) is 9.84. The van der Waals surface area contributed by atoms with E-state index in [0.29, 0.717) is 12.6 Å². The lowest BCUT2D eigenvalue weighted by atomic mass is 10.2. The smallest absolute Gasteiger partial charge is 0.319 e. The summed E-state index contributed by atoms with van der Waals surface area (Å²) >= 11 is 0. The number of fused-ring (bicyclic) bond motifs is 1. The van der Waals surface area contributed by atoms with Crippen molar-refractivity contribution in [3.8, 4) is 23.1 Å². The summed E-state index contributed by atoms with van der Waals surface area (Å²) in [5.41, 5.74) is 5.37. The molecule has 0 amide bonds. The molecule has 0 aliphatic carbocycles. The third-order valence-electron chi connectivity index (χ3n) is 4.92. The van der Waals surface area contributed by atoms with Crippen LogP contribution in [0.2, 0.25) is 0 Å². The van der Waals surface area contributed by atoms with Crippen molar-refractivity contribution in [3.05, 3.63) is 102 Å². The molecule has 146 valence electrons. The molecule has 3 aromatic carbocycles. The largest absolute Gasteiger partial charge is 0.459 e. The van der Waals surface area contributed by atoms with Gasteiger partial charge in [-0.05, 0) is 24.6 Å². The van der Waals surface area contributed by atoms with Gasteiger partial charge in [0, 0.05) is 11.3 Å². The van der Waals surface area contributed by atoms with Gasteiger partial charge in [-0.3, -0.25) is 4.57 Å². The van der Waals surface area contributed by atoms with Gasteiger partial charge in [-0.15, -0.1) is 0 Å². The van der Waals surface area contributed by atoms with Crippen LogP contribution in [0.15, 0.2) is 91.0 Å². The quantitative estimate of drug-likeness (QED) is 0.403. The molecule has 5 nitrogen and oxygen atoms in total. The number of ether oxygens (including phenoxy) is 1. The van der Waals surface area contributed by atoms with Gasteiger partial charge in [0.05, 0.1) is 5.69 Å². The molecule has 0 aliphatic rings. The van der Waals surface area contributed by atoms with Crippen LogP contribution in [0.3, 0.4) is 0 Å². The highest BCUT2D eigenvalue weighted by atomic mass is 16.5. The third-order valence-corrected chi connectivity index (χ3v) is 4.92. The van der Waals surface area contributed by atoms with Crippen molar-refractivity contribution in [1.82, 2.24) is 19.5 Å². The Labute approximate surface area is 174 Å². The molecule has 0 atom stereocenters. The Balaban J connectivity index is 1.65. The Bertz CT molecular complexity index is 1280. The van der Waals surface area contributed by atoms with E-state index in [4.69, 9.17) is 14.7 Å². The molecule has 0 saturated heterocycles. The van der Waals surface area contributed by atoms with Crippen LogP contribution < -0.4 is 4.74 Å². The molecular weight excluding hydrogens is 372 g/mol. The number of aryl methyl sites for hydroxylation is 1. The summed E-state index contributed by atoms with van der Waals surface area (Å²) in [6.45, 7) is 2.35. The molecule has 0 spiro atoms. The van der Waals surface area contributed by atoms with Gasteiger partial charge in [0.25, 0.3) is 0 Å². The number of imidazole rings is 1. The summed E-state index contributed by atoms with van der Waals surface area (Å²) in [7, 11) is 0. The van der Waals surface area contributed by atoms with Crippen LogP contribution in [0, 0.1) is 6.92 Å². The van der Waals surface area contributed by atoms with Crippen LogP contribution in [-0.2, 0) is 6.61 Å². The zero-order chi connectivity index (χ0) is 20.3. The van der Waals surface area contributed by atoms with Gasteiger partial charge >= 0.3 is 6.01 Å². The lowest BCUT2D eigenvalue weighted by Gasteiger charge is -2.10. The molecule has 2 aromatic heterocycles. The minimum absolute atomic E-state index is 0.348. The van der Waals surface area contributed by atoms with Crippen molar-refractivity contribution in [3.63, 3.8) is 0 Å². The number of aromatic nitrogens is 4. The van der Waals surface area contributed by atoms with Crippen LogP contribution in [0.4, 0.5) is 0 Å². The van der Waals surface area contributed by atoms with Crippen molar-refractivity contribution in [2.45, 2.75) is 13.5 Å². The van der Waals surface area contributed by atoms with E-state index >= 15 is 0 Å². The van der Waals surface area contributed by atoms with E-state index in [-0.39, 0.29) is 0 Å². The Kier molecular flexibility index (Phi) is 4.69. The maximum atomic E-state index is 5.92. The van der Waals surface area contributed by atoms with Crippen molar-refractivity contribution in [2.24, 2.45) is 0 Å². The summed E-state index contributed by atoms with van der Waals surface area (Å²) in [6.07, 6.45) is 0. The molecule has 0 aliphatic heterocycles. The Hall–Kier alpha value is -3.99. The molecule has 0 radical (unpaired) electrons. The molecular formula is C25H20N4O. The highest BCUT2D eigenvalue weighted by Crippen LogP contribution is 2.29. The number of rotatable bonds is 5. The fourth-order valence-corrected chi connectivity index (χ4v) is 3.46. The maximum Gasteiger partial charge on any atom is 0.319 e. The summed E-state index contributed by atoms with van der Waals surface area (Å²) < 4.78 is 7.99. The lowest BCUT2D eigenvalue weighted by Crippen LogP contribution is -2.03. The second-order valence-electron chi connectivity index (χ2n) is 7.01. The van der Waals surface area contributed by atoms with Crippen LogP contribution in [0.25, 0.3) is 28.2 Å². The van der Waals surface area contributed by atoms with Gasteiger partial charge in [0.15, 0.2) is 5.65 Å². The third kappa shape index (κ3) is 3.42. The van der Waals surface area contributed by atoms with Crippen molar-refractivity contribution in [1.29, 1.82) is 0 Å². The first-order chi connectivity index (χ1) is 14.8. The van der Waals surface area contributed by atoms with Crippen LogP contribution in [0.1, 0.15) is 11.3 Å². The minimum Gasteiger partial charge on any atom is -0.459 e. The van der Waals surface area contributed by atoms with E-state index in [1.165, 1.54) is 0 Å². The van der Waals surface area contributed by atoms with E-state index in [0.717, 1.165) is 39.5 Å². The number of hydrogen-bond acceptors (Lipinski definition) is 4. The number of para-hydroxylation sites is 1. The molecule has 5 rings (SSSR count). The summed E-state index contributed by atoms with van der Waals surface area (Å²) in [4.78, 5) is 14.2. The molecule has 30 heavy (non-hydrogen) atoms. The Morgan fingerprint density at radius 3 is 2.07 bits per heavy atom. The summed E-state index contributed by atoms with van der Waals surface area (Å²) in [6, 6.07) is 30.6. The SMILES string of the molecule is Cc1nc(OCc2ccccc2)nc2c1nc(-c1ccccc1)n2-c1ccccc1. The number of nitrogens with zero attached hydrogens (tertiary/aromatic N) is 4. The van der Waals surface area contributed by atoms with Gasteiger partial charge in [0.1, 0.15) is 17.9 Å². The molecule has 5 aromatic rings. The second kappa shape index (κ2) is 7.79. The first kappa shape index (κ1) is 18.1. The average molecular weight is 392 g/mol. The normalized spacial score (nSPS) is 11.0. The summed E-state index contributed by atoms with van der Waals surface area (Å²) in [5, 5.41) is 0. The van der Waals surface area contributed by atoms with E-state index < -0.39 is 0 Å². The van der Waals surface area contributed by atoms with Gasteiger partial charge in [-0.1, -0.05) is 78.9 Å². The lowest BCUT2D eigenvalue weighted by molar-refractivity contribution is 0.281. The van der Waals surface area contributed by atoms with Crippen molar-refractivity contribution >= 4 is 11.2 Å². The minimum atomic E-state index is 0.348. The zero-order valence-electron chi connectivity index (χ0n) is 16.6. The average Bonchev–Trinajstić information content (AvgIpc) is 3.20. The molecule has 0 fully saturated rings. The van der Waals surface area contributed by atoms with E-state index in [9.17, 15) is 0 Å². The second-order valence-corrected chi connectivity index (χ2v) is 7.01. The zero-order valence-corrected chi connectivity index (χ0v) is 16.6. The predicted molar refractivity (Wildman–Crippen MR) is 118 cm³/mol. The standard InChI is InChI=1S/C25H20N4O/c1-18-22-24(28-25(26-18)30-17-19-11-5-2-6-12-19)29(21-15-9-4-10-16-21)23(27-22)20-13-7-3-8-14-20/h2-16H,17H2,1H3. The van der Waals surface area contributed by atoms with Crippen LogP contribution in [-0.4, -0.2) is 19.5 Å². The molecule has 0 saturated carbocycles. The molecule has 0 N–H and O–H groups in total. The molecule has 5 heteroatoms. The number of benzene rings is 3. The summed E-state index contributed by atoms with van der Waals surface area (Å²) in [5.74, 6) is 0.828. The van der Waals surface area contributed by atoms with Crippen molar-refractivity contribution in [2.75, 3.05) is 0 Å². The fraction of sp³-hybridized carbons (Fsp3) is 0.0800. The maximum absolute atomic E-state index is 5.92. The number of hydrogen-bond donors (Lipinski definition) is 0. The first-order valence-corrected chi connectivity index (χ1v) is 9.84. The van der Waals surface area contributed by atoms with E-state index in [1.54, 1.807) is 0 Å². The van der Waals surface area contributed by atoms with Gasteiger partial charge in [-0.25, -0.2) is 4.98 Å². The monoisotopic (exact) mass is 392 g/mol. The van der Waals surface area contributed by atoms with Gasteiger partial charge in [0.2, 0.25) is 0 Å².